The minimum absolute atomic E-state index is 0.0836. The number of carbonyl (C=O) groups is 2. The summed E-state index contributed by atoms with van der Waals surface area (Å²) in [5.41, 5.74) is 2.96. The van der Waals surface area contributed by atoms with Crippen molar-refractivity contribution in [1.29, 1.82) is 0 Å². The summed E-state index contributed by atoms with van der Waals surface area (Å²) in [6, 6.07) is 16.8. The Bertz CT molecular complexity index is 1400. The van der Waals surface area contributed by atoms with Gasteiger partial charge in [-0.1, -0.05) is 29.8 Å². The molecule has 1 aromatic heterocycles. The lowest BCUT2D eigenvalue weighted by Gasteiger charge is -2.35. The van der Waals surface area contributed by atoms with Gasteiger partial charge in [0.2, 0.25) is 0 Å². The number of ketones is 1. The lowest BCUT2D eigenvalue weighted by atomic mass is 9.84. The third-order valence-corrected chi connectivity index (χ3v) is 6.14. The third kappa shape index (κ3) is 3.57. The minimum atomic E-state index is -0.922. The van der Waals surface area contributed by atoms with Crippen LogP contribution in [-0.4, -0.2) is 11.7 Å². The van der Waals surface area contributed by atoms with Crippen LogP contribution < -0.4 is 10.1 Å². The van der Waals surface area contributed by atoms with E-state index in [1.165, 1.54) is 12.1 Å². The summed E-state index contributed by atoms with van der Waals surface area (Å²) in [4.78, 5) is 26.2. The number of furan rings is 1. The molecule has 0 saturated carbocycles. The summed E-state index contributed by atoms with van der Waals surface area (Å²) in [5.74, 6) is -0.291. The molecule has 0 fully saturated rings. The van der Waals surface area contributed by atoms with Gasteiger partial charge >= 0.3 is 0 Å². The number of rotatable bonds is 3. The Labute approximate surface area is 190 Å². The highest BCUT2D eigenvalue weighted by Crippen LogP contribution is 2.44. The maximum absolute atomic E-state index is 13.4. The smallest absolute Gasteiger partial charge is 0.291 e. The molecule has 3 aromatic carbocycles. The van der Waals surface area contributed by atoms with Crippen molar-refractivity contribution in [2.45, 2.75) is 32.8 Å². The second-order valence-electron chi connectivity index (χ2n) is 8.63. The van der Waals surface area contributed by atoms with Crippen molar-refractivity contribution in [3.05, 3.63) is 94.5 Å². The number of ether oxygens (including phenoxy) is 1. The first-order chi connectivity index (χ1) is 15.7. The van der Waals surface area contributed by atoms with E-state index in [0.29, 0.717) is 39.1 Å². The SMILES string of the molecule is Cc1ccc(NC(=O)c2oc3ccc4c(c3c2C)C(=O)C[C@@](C)(c2ccc(F)cc2)O4)cc1. The van der Waals surface area contributed by atoms with Crippen LogP contribution in [0.2, 0.25) is 0 Å². The maximum Gasteiger partial charge on any atom is 0.291 e. The molecule has 0 saturated heterocycles. The topological polar surface area (TPSA) is 68.5 Å². The van der Waals surface area contributed by atoms with E-state index in [4.69, 9.17) is 9.15 Å². The van der Waals surface area contributed by atoms with Crippen LogP contribution in [0.25, 0.3) is 11.0 Å². The molecule has 1 N–H and O–H groups in total. The van der Waals surface area contributed by atoms with Gasteiger partial charge in [0.1, 0.15) is 22.8 Å². The average Bonchev–Trinajstić information content (AvgIpc) is 3.12. The first-order valence-corrected chi connectivity index (χ1v) is 10.7. The van der Waals surface area contributed by atoms with Crippen LogP contribution in [-0.2, 0) is 5.60 Å². The van der Waals surface area contributed by atoms with Gasteiger partial charge in [-0.15, -0.1) is 0 Å². The summed E-state index contributed by atoms with van der Waals surface area (Å²) in [5, 5.41) is 3.41. The Hall–Kier alpha value is -3.93. The van der Waals surface area contributed by atoms with Crippen molar-refractivity contribution in [3.8, 4) is 5.75 Å². The molecule has 5 rings (SSSR count). The molecular weight excluding hydrogens is 421 g/mol. The zero-order chi connectivity index (χ0) is 23.3. The summed E-state index contributed by atoms with van der Waals surface area (Å²) in [6.45, 7) is 5.55. The molecule has 1 aliphatic heterocycles. The Morgan fingerprint density at radius 2 is 1.70 bits per heavy atom. The zero-order valence-corrected chi connectivity index (χ0v) is 18.5. The quantitative estimate of drug-likeness (QED) is 0.402. The zero-order valence-electron chi connectivity index (χ0n) is 18.5. The standard InChI is InChI=1S/C27H22FNO4/c1-15-4-10-19(11-5-15)29-26(31)25-16(2)23-21(32-25)12-13-22-24(23)20(30)14-27(3,33-22)17-6-8-18(28)9-7-17/h4-13H,14H2,1-3H3,(H,29,31)/t27-/m0/s1. The summed E-state index contributed by atoms with van der Waals surface area (Å²) >= 11 is 0. The highest BCUT2D eigenvalue weighted by atomic mass is 19.1. The molecule has 0 unspecified atom stereocenters. The Morgan fingerprint density at radius 1 is 1.00 bits per heavy atom. The molecule has 0 bridgehead atoms. The first kappa shape index (κ1) is 20.9. The van der Waals surface area contributed by atoms with Gasteiger partial charge in [-0.3, -0.25) is 9.59 Å². The van der Waals surface area contributed by atoms with Crippen LogP contribution in [0.3, 0.4) is 0 Å². The van der Waals surface area contributed by atoms with Crippen LogP contribution in [0.1, 0.15) is 50.9 Å². The summed E-state index contributed by atoms with van der Waals surface area (Å²) < 4.78 is 25.5. The third-order valence-electron chi connectivity index (χ3n) is 6.14. The van der Waals surface area contributed by atoms with E-state index in [2.05, 4.69) is 5.32 Å². The molecule has 5 nitrogen and oxygen atoms in total. The highest BCUT2D eigenvalue weighted by molar-refractivity contribution is 6.14. The Kier molecular flexibility index (Phi) is 4.81. The van der Waals surface area contributed by atoms with Crippen molar-refractivity contribution in [2.24, 2.45) is 0 Å². The van der Waals surface area contributed by atoms with Crippen molar-refractivity contribution >= 4 is 28.3 Å². The number of amides is 1. The van der Waals surface area contributed by atoms with Gasteiger partial charge in [0.05, 0.1) is 12.0 Å². The van der Waals surface area contributed by atoms with Crippen LogP contribution in [0.4, 0.5) is 10.1 Å². The van der Waals surface area contributed by atoms with E-state index >= 15 is 0 Å². The van der Waals surface area contributed by atoms with Gasteiger partial charge < -0.3 is 14.5 Å². The largest absolute Gasteiger partial charge is 0.482 e. The summed E-state index contributed by atoms with van der Waals surface area (Å²) in [6.07, 6.45) is 0.0836. The van der Waals surface area contributed by atoms with Crippen molar-refractivity contribution in [1.82, 2.24) is 0 Å². The average molecular weight is 443 g/mol. The summed E-state index contributed by atoms with van der Waals surface area (Å²) in [7, 11) is 0. The number of Topliss-reactive ketones (excluding diaryl/α,β-unsaturated/α-hetero) is 1. The van der Waals surface area contributed by atoms with E-state index in [1.54, 1.807) is 31.2 Å². The van der Waals surface area contributed by atoms with E-state index in [1.807, 2.05) is 38.1 Å². The molecule has 4 aromatic rings. The molecule has 1 atom stereocenters. The lowest BCUT2D eigenvalue weighted by molar-refractivity contribution is 0.0507. The number of hydrogen-bond donors (Lipinski definition) is 1. The van der Waals surface area contributed by atoms with Gasteiger partial charge in [0, 0.05) is 16.6 Å². The molecular formula is C27H22FNO4. The normalized spacial score (nSPS) is 17.5. The maximum atomic E-state index is 13.4. The predicted molar refractivity (Wildman–Crippen MR) is 123 cm³/mol. The van der Waals surface area contributed by atoms with Gasteiger partial charge in [0.15, 0.2) is 11.5 Å². The molecule has 0 aliphatic carbocycles. The van der Waals surface area contributed by atoms with Crippen LogP contribution in [0.5, 0.6) is 5.75 Å². The number of carbonyl (C=O) groups excluding carboxylic acids is 2. The fourth-order valence-corrected chi connectivity index (χ4v) is 4.36. The highest BCUT2D eigenvalue weighted by Gasteiger charge is 2.40. The van der Waals surface area contributed by atoms with Gasteiger partial charge in [-0.05, 0) is 62.7 Å². The van der Waals surface area contributed by atoms with Crippen molar-refractivity contribution < 1.29 is 23.1 Å². The van der Waals surface area contributed by atoms with Crippen LogP contribution in [0, 0.1) is 19.7 Å². The van der Waals surface area contributed by atoms with Crippen molar-refractivity contribution in [2.75, 3.05) is 5.32 Å². The molecule has 1 aliphatic rings. The molecule has 166 valence electrons. The van der Waals surface area contributed by atoms with E-state index < -0.39 is 5.60 Å². The molecule has 1 amide bonds. The fraction of sp³-hybridized carbons (Fsp3) is 0.185. The number of halogens is 1. The van der Waals surface area contributed by atoms with E-state index in [9.17, 15) is 14.0 Å². The molecule has 6 heteroatoms. The predicted octanol–water partition coefficient (Wildman–Crippen LogP) is 6.32. The van der Waals surface area contributed by atoms with Crippen LogP contribution in [0.15, 0.2) is 65.1 Å². The lowest BCUT2D eigenvalue weighted by Crippen LogP contribution is -2.36. The van der Waals surface area contributed by atoms with Crippen molar-refractivity contribution in [3.63, 3.8) is 0 Å². The second kappa shape index (κ2) is 7.59. The van der Waals surface area contributed by atoms with Gasteiger partial charge in [-0.25, -0.2) is 4.39 Å². The monoisotopic (exact) mass is 443 g/mol. The number of fused-ring (bicyclic) bond motifs is 3. The number of nitrogens with one attached hydrogen (secondary N) is 1. The van der Waals surface area contributed by atoms with E-state index in [0.717, 1.165) is 5.56 Å². The number of anilines is 1. The number of benzene rings is 3. The van der Waals surface area contributed by atoms with Crippen LogP contribution >= 0.6 is 0 Å². The first-order valence-electron chi connectivity index (χ1n) is 10.7. The Morgan fingerprint density at radius 3 is 2.39 bits per heavy atom. The fourth-order valence-electron chi connectivity index (χ4n) is 4.36. The number of aryl methyl sites for hydroxylation is 2. The molecule has 33 heavy (non-hydrogen) atoms. The van der Waals surface area contributed by atoms with Gasteiger partial charge in [-0.2, -0.15) is 0 Å². The minimum Gasteiger partial charge on any atom is -0.482 e. The second-order valence-corrected chi connectivity index (χ2v) is 8.63. The molecule has 2 heterocycles. The molecule has 0 spiro atoms. The Balaban J connectivity index is 1.53. The molecule has 0 radical (unpaired) electrons. The van der Waals surface area contributed by atoms with Gasteiger partial charge in [0.25, 0.3) is 5.91 Å². The van der Waals surface area contributed by atoms with E-state index in [-0.39, 0.29) is 29.7 Å². The number of hydrogen-bond acceptors (Lipinski definition) is 4.